The topological polar surface area (TPSA) is 15.3 Å². The Morgan fingerprint density at radius 3 is 2.76 bits per heavy atom. The highest BCUT2D eigenvalue weighted by molar-refractivity contribution is 9.10. The Morgan fingerprint density at radius 1 is 1.38 bits per heavy atom. The molecule has 4 heteroatoms. The van der Waals surface area contributed by atoms with Gasteiger partial charge in [0.05, 0.1) is 0 Å². The lowest BCUT2D eigenvalue weighted by Gasteiger charge is -2.32. The van der Waals surface area contributed by atoms with Crippen molar-refractivity contribution >= 4 is 15.9 Å². The number of likely N-dealkylation sites (tertiary alicyclic amines) is 1. The summed E-state index contributed by atoms with van der Waals surface area (Å²) in [4.78, 5) is 2.48. The molecule has 2 nitrogen and oxygen atoms in total. The number of nitrogens with one attached hydrogen (secondary N) is 1. The highest BCUT2D eigenvalue weighted by Gasteiger charge is 2.18. The molecule has 1 saturated heterocycles. The van der Waals surface area contributed by atoms with Gasteiger partial charge in [0.25, 0.3) is 0 Å². The highest BCUT2D eigenvalue weighted by atomic mass is 79.9. The monoisotopic (exact) mass is 354 g/mol. The van der Waals surface area contributed by atoms with Crippen LogP contribution in [0.4, 0.5) is 4.39 Å². The zero-order chi connectivity index (χ0) is 15.2. The lowest BCUT2D eigenvalue weighted by atomic mass is 10.0. The molecule has 2 rings (SSSR count). The summed E-state index contributed by atoms with van der Waals surface area (Å²) in [5, 5.41) is 3.49. The minimum absolute atomic E-state index is 0.133. The van der Waals surface area contributed by atoms with E-state index >= 15 is 0 Å². The Morgan fingerprint density at radius 2 is 2.10 bits per heavy atom. The second kappa shape index (κ2) is 8.06. The van der Waals surface area contributed by atoms with E-state index in [1.807, 2.05) is 6.07 Å². The molecule has 0 spiro atoms. The van der Waals surface area contributed by atoms with Crippen LogP contribution in [0.25, 0.3) is 0 Å². The van der Waals surface area contributed by atoms with Crippen molar-refractivity contribution in [1.82, 2.24) is 10.2 Å². The largest absolute Gasteiger partial charge is 0.310 e. The van der Waals surface area contributed by atoms with Crippen molar-refractivity contribution in [2.75, 3.05) is 19.6 Å². The van der Waals surface area contributed by atoms with Crippen LogP contribution in [0.3, 0.4) is 0 Å². The van der Waals surface area contributed by atoms with Gasteiger partial charge in [-0.25, -0.2) is 4.39 Å². The first-order valence-corrected chi connectivity index (χ1v) is 8.37. The quantitative estimate of drug-likeness (QED) is 0.800. The fourth-order valence-corrected chi connectivity index (χ4v) is 2.97. The third kappa shape index (κ3) is 5.53. The van der Waals surface area contributed by atoms with Crippen LogP contribution >= 0.6 is 15.9 Å². The molecule has 1 aromatic carbocycles. The number of hydrogen-bond acceptors (Lipinski definition) is 2. The average molecular weight is 355 g/mol. The lowest BCUT2D eigenvalue weighted by Crippen LogP contribution is -2.42. The summed E-state index contributed by atoms with van der Waals surface area (Å²) in [7, 11) is 0. The van der Waals surface area contributed by atoms with Gasteiger partial charge in [-0.2, -0.15) is 0 Å². The smallest absolute Gasteiger partial charge is 0.127 e. The molecule has 21 heavy (non-hydrogen) atoms. The summed E-state index contributed by atoms with van der Waals surface area (Å²) in [6.45, 7) is 8.16. The fourth-order valence-electron chi connectivity index (χ4n) is 2.56. The number of halogens is 2. The van der Waals surface area contributed by atoms with E-state index in [-0.39, 0.29) is 5.82 Å². The van der Waals surface area contributed by atoms with E-state index in [9.17, 15) is 4.39 Å². The summed E-state index contributed by atoms with van der Waals surface area (Å²) in [5.41, 5.74) is 2.11. The molecule has 0 bridgehead atoms. The SMILES string of the molecule is CC(C)=CCN1CCC(NCc2cc(Br)ccc2F)CC1. The van der Waals surface area contributed by atoms with Gasteiger partial charge in [-0.3, -0.25) is 4.90 Å². The molecule has 0 atom stereocenters. The zero-order valence-electron chi connectivity index (χ0n) is 12.8. The molecule has 1 fully saturated rings. The van der Waals surface area contributed by atoms with Crippen molar-refractivity contribution in [1.29, 1.82) is 0 Å². The Kier molecular flexibility index (Phi) is 6.40. The molecular weight excluding hydrogens is 331 g/mol. The Hall–Kier alpha value is -0.710. The molecule has 0 aliphatic carbocycles. The molecule has 116 valence electrons. The molecule has 1 aromatic rings. The molecule has 1 N–H and O–H groups in total. The van der Waals surface area contributed by atoms with Gasteiger partial charge in [0.2, 0.25) is 0 Å². The van der Waals surface area contributed by atoms with Gasteiger partial charge in [0, 0.05) is 29.2 Å². The van der Waals surface area contributed by atoms with Crippen LogP contribution in [0.1, 0.15) is 32.3 Å². The van der Waals surface area contributed by atoms with Crippen LogP contribution in [-0.2, 0) is 6.54 Å². The molecule has 1 aliphatic heterocycles. The Labute approximate surface area is 135 Å². The maximum Gasteiger partial charge on any atom is 0.127 e. The zero-order valence-corrected chi connectivity index (χ0v) is 14.4. The Balaban J connectivity index is 1.76. The molecule has 1 aliphatic rings. The first-order valence-electron chi connectivity index (χ1n) is 7.57. The van der Waals surface area contributed by atoms with Crippen LogP contribution in [0, 0.1) is 5.82 Å². The van der Waals surface area contributed by atoms with Gasteiger partial charge in [0.1, 0.15) is 5.82 Å². The van der Waals surface area contributed by atoms with Crippen molar-refractivity contribution in [2.45, 2.75) is 39.3 Å². The van der Waals surface area contributed by atoms with E-state index in [1.165, 1.54) is 11.6 Å². The lowest BCUT2D eigenvalue weighted by molar-refractivity contribution is 0.214. The maximum atomic E-state index is 13.7. The number of allylic oxidation sites excluding steroid dienone is 1. The molecule has 0 aromatic heterocycles. The number of benzene rings is 1. The number of rotatable bonds is 5. The normalized spacial score (nSPS) is 17.0. The van der Waals surface area contributed by atoms with Gasteiger partial charge < -0.3 is 5.32 Å². The third-order valence-corrected chi connectivity index (χ3v) is 4.43. The summed E-state index contributed by atoms with van der Waals surface area (Å²) >= 11 is 3.39. The predicted molar refractivity (Wildman–Crippen MR) is 89.8 cm³/mol. The van der Waals surface area contributed by atoms with Crippen LogP contribution in [0.15, 0.2) is 34.3 Å². The van der Waals surface area contributed by atoms with Crippen molar-refractivity contribution in [2.24, 2.45) is 0 Å². The summed E-state index contributed by atoms with van der Waals surface area (Å²) in [6.07, 6.45) is 4.54. The van der Waals surface area contributed by atoms with E-state index in [2.05, 4.69) is 46.1 Å². The standard InChI is InChI=1S/C17H24BrFN2/c1-13(2)5-8-21-9-6-16(7-10-21)20-12-14-11-15(18)3-4-17(14)19/h3-5,11,16,20H,6-10,12H2,1-2H3. The maximum absolute atomic E-state index is 13.7. The third-order valence-electron chi connectivity index (χ3n) is 3.93. The average Bonchev–Trinajstić information content (AvgIpc) is 2.47. The second-order valence-corrected chi connectivity index (χ2v) is 6.89. The highest BCUT2D eigenvalue weighted by Crippen LogP contribution is 2.17. The molecule has 0 amide bonds. The van der Waals surface area contributed by atoms with Crippen LogP contribution in [0.5, 0.6) is 0 Å². The van der Waals surface area contributed by atoms with Gasteiger partial charge >= 0.3 is 0 Å². The second-order valence-electron chi connectivity index (χ2n) is 5.97. The molecular formula is C17H24BrFN2. The molecule has 1 heterocycles. The van der Waals surface area contributed by atoms with Crippen molar-refractivity contribution in [3.63, 3.8) is 0 Å². The van der Waals surface area contributed by atoms with E-state index in [4.69, 9.17) is 0 Å². The molecule has 0 unspecified atom stereocenters. The first-order chi connectivity index (χ1) is 10.0. The van der Waals surface area contributed by atoms with Crippen molar-refractivity contribution in [3.8, 4) is 0 Å². The predicted octanol–water partition coefficient (Wildman–Crippen LogP) is 4.11. The summed E-state index contributed by atoms with van der Waals surface area (Å²) < 4.78 is 14.6. The van der Waals surface area contributed by atoms with Gasteiger partial charge in [-0.1, -0.05) is 27.6 Å². The minimum Gasteiger partial charge on any atom is -0.310 e. The van der Waals surface area contributed by atoms with E-state index < -0.39 is 0 Å². The molecule has 0 saturated carbocycles. The van der Waals surface area contributed by atoms with Gasteiger partial charge in [-0.15, -0.1) is 0 Å². The minimum atomic E-state index is -0.133. The van der Waals surface area contributed by atoms with Crippen LogP contribution < -0.4 is 5.32 Å². The number of hydrogen-bond donors (Lipinski definition) is 1. The van der Waals surface area contributed by atoms with Gasteiger partial charge in [-0.05, 0) is 58.0 Å². The van der Waals surface area contributed by atoms with E-state index in [0.29, 0.717) is 12.6 Å². The van der Waals surface area contributed by atoms with Crippen molar-refractivity contribution < 1.29 is 4.39 Å². The van der Waals surface area contributed by atoms with Gasteiger partial charge in [0.15, 0.2) is 0 Å². The first kappa shape index (κ1) is 16.7. The fraction of sp³-hybridized carbons (Fsp3) is 0.529. The number of piperidine rings is 1. The Bertz CT molecular complexity index is 490. The van der Waals surface area contributed by atoms with E-state index in [0.717, 1.165) is 42.5 Å². The summed E-state index contributed by atoms with van der Waals surface area (Å²) in [5.74, 6) is -0.133. The van der Waals surface area contributed by atoms with Crippen molar-refractivity contribution in [3.05, 3.63) is 45.7 Å². The molecule has 0 radical (unpaired) electrons. The van der Waals surface area contributed by atoms with E-state index in [1.54, 1.807) is 6.07 Å². The van der Waals surface area contributed by atoms with Crippen LogP contribution in [-0.4, -0.2) is 30.6 Å². The number of nitrogens with zero attached hydrogens (tertiary/aromatic N) is 1. The summed E-state index contributed by atoms with van der Waals surface area (Å²) in [6, 6.07) is 5.60. The van der Waals surface area contributed by atoms with Crippen LogP contribution in [0.2, 0.25) is 0 Å².